The fourth-order valence-corrected chi connectivity index (χ4v) is 2.00. The molecule has 0 unspecified atom stereocenters. The molecule has 1 aliphatic rings. The van der Waals surface area contributed by atoms with Crippen LogP contribution in [0.3, 0.4) is 0 Å². The highest BCUT2D eigenvalue weighted by Gasteiger charge is 2.38. The number of ketones is 2. The second kappa shape index (κ2) is 5.37. The highest BCUT2D eigenvalue weighted by atomic mass is 16.2. The molecule has 3 heteroatoms. The molecule has 3 nitrogen and oxygen atoms in total. The van der Waals surface area contributed by atoms with Crippen molar-refractivity contribution in [2.24, 2.45) is 16.3 Å². The number of rotatable bonds is 4. The van der Waals surface area contributed by atoms with E-state index >= 15 is 0 Å². The Bertz CT molecular complexity index is 285. The molecule has 1 rings (SSSR count). The lowest BCUT2D eigenvalue weighted by molar-refractivity contribution is -0.136. The van der Waals surface area contributed by atoms with Gasteiger partial charge in [0.1, 0.15) is 17.5 Å². The van der Waals surface area contributed by atoms with Crippen LogP contribution in [0.1, 0.15) is 46.5 Å². The van der Waals surface area contributed by atoms with E-state index in [-0.39, 0.29) is 17.0 Å². The molecule has 1 saturated carbocycles. The van der Waals surface area contributed by atoms with E-state index in [2.05, 4.69) is 11.9 Å². The molecule has 16 heavy (non-hydrogen) atoms. The number of carbonyl (C=O) groups is 2. The van der Waals surface area contributed by atoms with Crippen molar-refractivity contribution in [1.29, 1.82) is 0 Å². The average molecular weight is 223 g/mol. The van der Waals surface area contributed by atoms with Gasteiger partial charge in [-0.25, -0.2) is 0 Å². The monoisotopic (exact) mass is 223 g/mol. The van der Waals surface area contributed by atoms with E-state index in [0.717, 1.165) is 19.4 Å². The van der Waals surface area contributed by atoms with Gasteiger partial charge >= 0.3 is 0 Å². The molecule has 1 aliphatic carbocycles. The van der Waals surface area contributed by atoms with Gasteiger partial charge in [0.2, 0.25) is 0 Å². The Labute approximate surface area is 97.3 Å². The van der Waals surface area contributed by atoms with Gasteiger partial charge in [0.05, 0.1) is 0 Å². The summed E-state index contributed by atoms with van der Waals surface area (Å²) in [6, 6.07) is 0. The summed E-state index contributed by atoms with van der Waals surface area (Å²) in [5, 5.41) is 0. The topological polar surface area (TPSA) is 46.5 Å². The lowest BCUT2D eigenvalue weighted by Gasteiger charge is -2.30. The second-order valence-electron chi connectivity index (χ2n) is 5.34. The number of carbonyl (C=O) groups excluding carboxylic acids is 2. The summed E-state index contributed by atoms with van der Waals surface area (Å²) < 4.78 is 0. The summed E-state index contributed by atoms with van der Waals surface area (Å²) in [6.07, 6.45) is 4.63. The number of aliphatic imine (C=N–C) groups is 1. The van der Waals surface area contributed by atoms with Crippen LogP contribution >= 0.6 is 0 Å². The van der Waals surface area contributed by atoms with E-state index in [1.807, 2.05) is 13.8 Å². The SMILES string of the molecule is CCCCN=CC1C(=O)CC(C)(C)CC1=O. The van der Waals surface area contributed by atoms with Crippen molar-refractivity contribution in [2.45, 2.75) is 46.5 Å². The second-order valence-corrected chi connectivity index (χ2v) is 5.34. The fourth-order valence-electron chi connectivity index (χ4n) is 2.00. The van der Waals surface area contributed by atoms with Crippen LogP contribution in [0.25, 0.3) is 0 Å². The van der Waals surface area contributed by atoms with E-state index in [9.17, 15) is 9.59 Å². The zero-order chi connectivity index (χ0) is 12.2. The highest BCUT2D eigenvalue weighted by Crippen LogP contribution is 2.33. The van der Waals surface area contributed by atoms with Gasteiger partial charge in [0, 0.05) is 25.6 Å². The van der Waals surface area contributed by atoms with Gasteiger partial charge in [0.25, 0.3) is 0 Å². The minimum atomic E-state index is -0.565. The minimum absolute atomic E-state index is 0.0292. The number of unbranched alkanes of at least 4 members (excludes halogenated alkanes) is 1. The van der Waals surface area contributed by atoms with Crippen molar-refractivity contribution in [3.63, 3.8) is 0 Å². The molecule has 0 N–H and O–H groups in total. The van der Waals surface area contributed by atoms with Crippen LogP contribution in [0.5, 0.6) is 0 Å². The lowest BCUT2D eigenvalue weighted by atomic mass is 9.72. The van der Waals surface area contributed by atoms with Crippen molar-refractivity contribution in [2.75, 3.05) is 6.54 Å². The quantitative estimate of drug-likeness (QED) is 0.417. The van der Waals surface area contributed by atoms with Crippen molar-refractivity contribution in [3.05, 3.63) is 0 Å². The largest absolute Gasteiger partial charge is 0.298 e. The van der Waals surface area contributed by atoms with Gasteiger partial charge in [-0.3, -0.25) is 14.6 Å². The molecule has 0 amide bonds. The smallest absolute Gasteiger partial charge is 0.149 e. The Hall–Kier alpha value is -0.990. The molecule has 0 aromatic carbocycles. The summed E-state index contributed by atoms with van der Waals surface area (Å²) in [5.41, 5.74) is -0.165. The Morgan fingerprint density at radius 3 is 2.38 bits per heavy atom. The predicted octanol–water partition coefficient (Wildman–Crippen LogP) is 2.43. The van der Waals surface area contributed by atoms with E-state index in [1.54, 1.807) is 6.21 Å². The Morgan fingerprint density at radius 2 is 1.88 bits per heavy atom. The van der Waals surface area contributed by atoms with Gasteiger partial charge in [0.15, 0.2) is 0 Å². The lowest BCUT2D eigenvalue weighted by Crippen LogP contribution is -2.38. The van der Waals surface area contributed by atoms with Crippen LogP contribution in [0, 0.1) is 11.3 Å². The molecule has 0 saturated heterocycles. The van der Waals surface area contributed by atoms with Gasteiger partial charge in [-0.05, 0) is 11.8 Å². The van der Waals surface area contributed by atoms with Crippen LogP contribution in [0.2, 0.25) is 0 Å². The molecule has 0 atom stereocenters. The highest BCUT2D eigenvalue weighted by molar-refractivity contribution is 6.16. The molecule has 0 aromatic heterocycles. The first-order valence-electron chi connectivity index (χ1n) is 6.01. The van der Waals surface area contributed by atoms with Gasteiger partial charge in [-0.2, -0.15) is 0 Å². The standard InChI is InChI=1S/C13H21NO2/c1-4-5-6-14-9-10-11(15)7-13(2,3)8-12(10)16/h9-10H,4-8H2,1-3H3. The maximum absolute atomic E-state index is 11.8. The molecule has 1 fully saturated rings. The van der Waals surface area contributed by atoms with Crippen molar-refractivity contribution >= 4 is 17.8 Å². The van der Waals surface area contributed by atoms with Gasteiger partial charge in [-0.15, -0.1) is 0 Å². The number of Topliss-reactive ketones (excluding diaryl/α,β-unsaturated/α-hetero) is 2. The molecular weight excluding hydrogens is 202 g/mol. The molecule has 0 bridgehead atoms. The first-order chi connectivity index (χ1) is 7.46. The predicted molar refractivity (Wildman–Crippen MR) is 64.8 cm³/mol. The van der Waals surface area contributed by atoms with Gasteiger partial charge < -0.3 is 0 Å². The third kappa shape index (κ3) is 3.54. The summed E-state index contributed by atoms with van der Waals surface area (Å²) in [6.45, 7) is 6.74. The Kier molecular flexibility index (Phi) is 4.39. The van der Waals surface area contributed by atoms with Crippen molar-refractivity contribution in [1.82, 2.24) is 0 Å². The van der Waals surface area contributed by atoms with E-state index < -0.39 is 5.92 Å². The first-order valence-corrected chi connectivity index (χ1v) is 6.01. The van der Waals surface area contributed by atoms with Crippen molar-refractivity contribution in [3.8, 4) is 0 Å². The summed E-state index contributed by atoms with van der Waals surface area (Å²) >= 11 is 0. The van der Waals surface area contributed by atoms with Crippen molar-refractivity contribution < 1.29 is 9.59 Å². The Balaban J connectivity index is 2.58. The molecule has 90 valence electrons. The molecule has 0 spiro atoms. The molecule has 0 aliphatic heterocycles. The van der Waals surface area contributed by atoms with E-state index in [1.165, 1.54) is 0 Å². The summed E-state index contributed by atoms with van der Waals surface area (Å²) in [4.78, 5) is 27.7. The Morgan fingerprint density at radius 1 is 1.31 bits per heavy atom. The van der Waals surface area contributed by atoms with Gasteiger partial charge in [-0.1, -0.05) is 27.2 Å². The van der Waals surface area contributed by atoms with E-state index in [0.29, 0.717) is 12.8 Å². The first kappa shape index (κ1) is 13.1. The van der Waals surface area contributed by atoms with Crippen LogP contribution in [-0.4, -0.2) is 24.3 Å². The van der Waals surface area contributed by atoms with Crippen LogP contribution < -0.4 is 0 Å². The zero-order valence-corrected chi connectivity index (χ0v) is 10.5. The van der Waals surface area contributed by atoms with E-state index in [4.69, 9.17) is 0 Å². The molecule has 0 radical (unpaired) electrons. The molecular formula is C13H21NO2. The molecule has 0 heterocycles. The normalized spacial score (nSPS) is 21.9. The number of hydrogen-bond donors (Lipinski definition) is 0. The third-order valence-electron chi connectivity index (χ3n) is 2.89. The van der Waals surface area contributed by atoms with Crippen LogP contribution in [0.15, 0.2) is 4.99 Å². The summed E-state index contributed by atoms with van der Waals surface area (Å²) in [5.74, 6) is -0.507. The van der Waals surface area contributed by atoms with Crippen LogP contribution in [0.4, 0.5) is 0 Å². The minimum Gasteiger partial charge on any atom is -0.298 e. The fraction of sp³-hybridized carbons (Fsp3) is 0.769. The molecule has 0 aromatic rings. The maximum Gasteiger partial charge on any atom is 0.149 e. The number of hydrogen-bond acceptors (Lipinski definition) is 3. The summed E-state index contributed by atoms with van der Waals surface area (Å²) in [7, 11) is 0. The average Bonchev–Trinajstić information content (AvgIpc) is 2.13. The van der Waals surface area contributed by atoms with Crippen LogP contribution in [-0.2, 0) is 9.59 Å². The zero-order valence-electron chi connectivity index (χ0n) is 10.5. The maximum atomic E-state index is 11.8. The third-order valence-corrected chi connectivity index (χ3v) is 2.89. The number of nitrogens with zero attached hydrogens (tertiary/aromatic N) is 1.